The number of hydrogen-bond acceptors (Lipinski definition) is 1. The standard InChI is InChI=1S/C27H41FO/c1-19(2)5-6-21(4)18-29-27-16-15-25(17-26(27)28)24-13-11-23(12-14-24)22-9-7-20(3)8-10-22/h5-6,15-17,19-24H,7-14,18H2,1-4H3/b6-5-. The zero-order valence-corrected chi connectivity index (χ0v) is 19.0. The fourth-order valence-electron chi connectivity index (χ4n) is 5.26. The predicted octanol–water partition coefficient (Wildman–Crippen LogP) is 8.15. The molecule has 1 unspecified atom stereocenters. The first kappa shape index (κ1) is 22.4. The van der Waals surface area contributed by atoms with Crippen molar-refractivity contribution in [2.24, 2.45) is 29.6 Å². The molecule has 2 fully saturated rings. The molecule has 2 aliphatic rings. The lowest BCUT2D eigenvalue weighted by atomic mass is 9.68. The first-order chi connectivity index (χ1) is 13.9. The summed E-state index contributed by atoms with van der Waals surface area (Å²) in [6.07, 6.45) is 15.1. The van der Waals surface area contributed by atoms with Crippen LogP contribution in [0.4, 0.5) is 4.39 Å². The van der Waals surface area contributed by atoms with Gasteiger partial charge in [-0.3, -0.25) is 0 Å². The number of rotatable bonds is 7. The Morgan fingerprint density at radius 1 is 0.931 bits per heavy atom. The van der Waals surface area contributed by atoms with E-state index in [0.717, 1.165) is 17.8 Å². The summed E-state index contributed by atoms with van der Waals surface area (Å²) in [5.41, 5.74) is 1.17. The van der Waals surface area contributed by atoms with E-state index in [1.54, 1.807) is 6.07 Å². The third-order valence-corrected chi connectivity index (χ3v) is 7.25. The van der Waals surface area contributed by atoms with Gasteiger partial charge in [-0.15, -0.1) is 0 Å². The molecule has 1 aromatic carbocycles. The van der Waals surface area contributed by atoms with Crippen LogP contribution in [0.5, 0.6) is 5.75 Å². The largest absolute Gasteiger partial charge is 0.490 e. The molecular formula is C27H41FO. The molecule has 0 spiro atoms. The maximum atomic E-state index is 14.6. The molecule has 0 bridgehead atoms. The van der Waals surface area contributed by atoms with E-state index in [-0.39, 0.29) is 11.7 Å². The van der Waals surface area contributed by atoms with Gasteiger partial charge >= 0.3 is 0 Å². The molecule has 162 valence electrons. The van der Waals surface area contributed by atoms with Crippen LogP contribution in [0, 0.1) is 35.4 Å². The second-order valence-corrected chi connectivity index (χ2v) is 10.2. The number of benzene rings is 1. The van der Waals surface area contributed by atoms with E-state index in [4.69, 9.17) is 4.74 Å². The summed E-state index contributed by atoms with van der Waals surface area (Å²) < 4.78 is 20.4. The van der Waals surface area contributed by atoms with Crippen LogP contribution in [0.3, 0.4) is 0 Å². The van der Waals surface area contributed by atoms with Crippen LogP contribution in [-0.4, -0.2) is 6.61 Å². The molecular weight excluding hydrogens is 359 g/mol. The van der Waals surface area contributed by atoms with E-state index in [1.165, 1.54) is 56.9 Å². The van der Waals surface area contributed by atoms with Crippen LogP contribution in [-0.2, 0) is 0 Å². The van der Waals surface area contributed by atoms with Crippen molar-refractivity contribution in [3.8, 4) is 5.75 Å². The topological polar surface area (TPSA) is 9.23 Å². The Labute approximate surface area is 178 Å². The van der Waals surface area contributed by atoms with Crippen LogP contribution >= 0.6 is 0 Å². The molecule has 2 aliphatic carbocycles. The third-order valence-electron chi connectivity index (χ3n) is 7.25. The van der Waals surface area contributed by atoms with Crippen LogP contribution in [0.2, 0.25) is 0 Å². The first-order valence-corrected chi connectivity index (χ1v) is 12.0. The molecule has 1 atom stereocenters. The monoisotopic (exact) mass is 400 g/mol. The van der Waals surface area contributed by atoms with Crippen molar-refractivity contribution in [3.05, 3.63) is 41.7 Å². The molecule has 0 amide bonds. The minimum atomic E-state index is -0.203. The van der Waals surface area contributed by atoms with Crippen LogP contribution in [0.25, 0.3) is 0 Å². The van der Waals surface area contributed by atoms with Gasteiger partial charge in [0.15, 0.2) is 11.6 Å². The minimum Gasteiger partial charge on any atom is -0.490 e. The molecule has 0 aromatic heterocycles. The molecule has 1 aromatic rings. The lowest BCUT2D eigenvalue weighted by molar-refractivity contribution is 0.165. The number of halogens is 1. The highest BCUT2D eigenvalue weighted by Crippen LogP contribution is 2.44. The Balaban J connectivity index is 1.49. The Morgan fingerprint density at radius 3 is 2.14 bits per heavy atom. The smallest absolute Gasteiger partial charge is 0.165 e. The van der Waals surface area contributed by atoms with Gasteiger partial charge in [0.25, 0.3) is 0 Å². The lowest BCUT2D eigenvalue weighted by Crippen LogP contribution is -2.24. The van der Waals surface area contributed by atoms with Gasteiger partial charge in [0, 0.05) is 5.92 Å². The number of hydrogen-bond donors (Lipinski definition) is 0. The van der Waals surface area contributed by atoms with Crippen molar-refractivity contribution in [2.75, 3.05) is 6.61 Å². The van der Waals surface area contributed by atoms with Gasteiger partial charge in [0.05, 0.1) is 6.61 Å². The second-order valence-electron chi connectivity index (χ2n) is 10.2. The highest BCUT2D eigenvalue weighted by molar-refractivity contribution is 5.31. The molecule has 1 nitrogen and oxygen atoms in total. The van der Waals surface area contributed by atoms with Crippen LogP contribution < -0.4 is 4.74 Å². The average Bonchev–Trinajstić information content (AvgIpc) is 2.72. The van der Waals surface area contributed by atoms with E-state index in [1.807, 2.05) is 6.07 Å². The number of ether oxygens (including phenoxy) is 1. The molecule has 29 heavy (non-hydrogen) atoms. The lowest BCUT2D eigenvalue weighted by Gasteiger charge is -2.37. The molecule has 0 saturated heterocycles. The van der Waals surface area contributed by atoms with Crippen molar-refractivity contribution >= 4 is 0 Å². The summed E-state index contributed by atoms with van der Waals surface area (Å²) >= 11 is 0. The highest BCUT2D eigenvalue weighted by atomic mass is 19.1. The maximum absolute atomic E-state index is 14.6. The molecule has 0 N–H and O–H groups in total. The van der Waals surface area contributed by atoms with Gasteiger partial charge in [-0.2, -0.15) is 0 Å². The summed E-state index contributed by atoms with van der Waals surface area (Å²) in [7, 11) is 0. The summed E-state index contributed by atoms with van der Waals surface area (Å²) in [6.45, 7) is 9.34. The van der Waals surface area contributed by atoms with Gasteiger partial charge < -0.3 is 4.74 Å². The fraction of sp³-hybridized carbons (Fsp3) is 0.704. The van der Waals surface area contributed by atoms with Crippen molar-refractivity contribution in [2.45, 2.75) is 85.0 Å². The van der Waals surface area contributed by atoms with E-state index >= 15 is 0 Å². The summed E-state index contributed by atoms with van der Waals surface area (Å²) in [5, 5.41) is 0. The first-order valence-electron chi connectivity index (χ1n) is 12.0. The molecule has 2 saturated carbocycles. The van der Waals surface area contributed by atoms with Gasteiger partial charge in [-0.05, 0) is 85.8 Å². The number of allylic oxidation sites excluding steroid dienone is 1. The zero-order chi connectivity index (χ0) is 20.8. The van der Waals surface area contributed by atoms with Crippen molar-refractivity contribution in [3.63, 3.8) is 0 Å². The van der Waals surface area contributed by atoms with Gasteiger partial charge in [0.1, 0.15) is 0 Å². The van der Waals surface area contributed by atoms with Gasteiger partial charge in [-0.1, -0.05) is 58.8 Å². The van der Waals surface area contributed by atoms with E-state index in [0.29, 0.717) is 24.2 Å². The van der Waals surface area contributed by atoms with Crippen LogP contribution in [0.1, 0.15) is 90.5 Å². The average molecular weight is 401 g/mol. The highest BCUT2D eigenvalue weighted by Gasteiger charge is 2.30. The van der Waals surface area contributed by atoms with Gasteiger partial charge in [-0.25, -0.2) is 4.39 Å². The van der Waals surface area contributed by atoms with Crippen molar-refractivity contribution in [1.82, 2.24) is 0 Å². The maximum Gasteiger partial charge on any atom is 0.165 e. The zero-order valence-electron chi connectivity index (χ0n) is 19.0. The SMILES string of the molecule is CC(C)/C=C\C(C)COc1ccc(C2CCC(C3CCC(C)CC3)CC2)cc1F. The molecule has 0 heterocycles. The Morgan fingerprint density at radius 2 is 1.55 bits per heavy atom. The molecule has 3 rings (SSSR count). The predicted molar refractivity (Wildman–Crippen MR) is 121 cm³/mol. The molecule has 2 heteroatoms. The van der Waals surface area contributed by atoms with Crippen molar-refractivity contribution in [1.29, 1.82) is 0 Å². The van der Waals surface area contributed by atoms with E-state index in [9.17, 15) is 4.39 Å². The quantitative estimate of drug-likeness (QED) is 0.419. The summed E-state index contributed by atoms with van der Waals surface area (Å²) in [6, 6.07) is 5.68. The summed E-state index contributed by atoms with van der Waals surface area (Å²) in [4.78, 5) is 0. The Kier molecular flexibility index (Phi) is 8.21. The van der Waals surface area contributed by atoms with Crippen molar-refractivity contribution < 1.29 is 9.13 Å². The summed E-state index contributed by atoms with van der Waals surface area (Å²) in [5.74, 6) is 4.32. The Hall–Kier alpha value is -1.31. The van der Waals surface area contributed by atoms with Gasteiger partial charge in [0.2, 0.25) is 0 Å². The fourth-order valence-corrected chi connectivity index (χ4v) is 5.26. The normalized spacial score (nSPS) is 29.3. The Bertz CT molecular complexity index is 649. The van der Waals surface area contributed by atoms with E-state index in [2.05, 4.69) is 45.9 Å². The molecule has 0 radical (unpaired) electrons. The molecule has 0 aliphatic heterocycles. The minimum absolute atomic E-state index is 0.203. The van der Waals surface area contributed by atoms with Crippen LogP contribution in [0.15, 0.2) is 30.4 Å². The second kappa shape index (κ2) is 10.6. The van der Waals surface area contributed by atoms with E-state index < -0.39 is 0 Å². The third kappa shape index (κ3) is 6.59.